The van der Waals surface area contributed by atoms with Gasteiger partial charge in [-0.05, 0) is 32.1 Å². The maximum atomic E-state index is 11.3. The molecule has 0 aromatic rings. The Kier molecular flexibility index (Phi) is 3.72. The van der Waals surface area contributed by atoms with Crippen LogP contribution in [0.25, 0.3) is 0 Å². The normalized spacial score (nSPS) is 28.2. The number of amides is 1. The molecule has 3 unspecified atom stereocenters. The van der Waals surface area contributed by atoms with Crippen molar-refractivity contribution in [2.24, 2.45) is 11.7 Å². The minimum absolute atomic E-state index is 0.190. The highest BCUT2D eigenvalue weighted by atomic mass is 16.1. The number of carbonyl (C=O) groups excluding carboxylic acids is 1. The Morgan fingerprint density at radius 2 is 2.31 bits per heavy atom. The molecule has 3 heteroatoms. The van der Waals surface area contributed by atoms with Gasteiger partial charge >= 0.3 is 0 Å². The second kappa shape index (κ2) is 4.61. The Balaban J connectivity index is 1.98. The zero-order valence-electron chi connectivity index (χ0n) is 8.55. The number of nitrogens with one attached hydrogen (secondary N) is 1. The average molecular weight is 184 g/mol. The van der Waals surface area contributed by atoms with E-state index in [0.717, 1.165) is 19.3 Å². The van der Waals surface area contributed by atoms with Crippen LogP contribution in [0.15, 0.2) is 0 Å². The Bertz CT molecular complexity index is 180. The number of nitrogens with two attached hydrogens (primary N) is 1. The molecule has 0 radical (unpaired) electrons. The van der Waals surface area contributed by atoms with E-state index >= 15 is 0 Å². The van der Waals surface area contributed by atoms with Crippen LogP contribution in [-0.2, 0) is 4.79 Å². The first-order valence-corrected chi connectivity index (χ1v) is 5.14. The van der Waals surface area contributed by atoms with Gasteiger partial charge in [0.1, 0.15) is 0 Å². The molecule has 0 aromatic heterocycles. The zero-order valence-corrected chi connectivity index (χ0v) is 8.55. The van der Waals surface area contributed by atoms with Gasteiger partial charge in [0.05, 0.1) is 0 Å². The van der Waals surface area contributed by atoms with Crippen LogP contribution in [0.5, 0.6) is 0 Å². The molecule has 0 saturated heterocycles. The summed E-state index contributed by atoms with van der Waals surface area (Å²) in [6, 6.07) is 0.676. The van der Waals surface area contributed by atoms with Crippen molar-refractivity contribution in [1.82, 2.24) is 5.32 Å². The highest BCUT2D eigenvalue weighted by Crippen LogP contribution is 2.28. The molecule has 3 N–H and O–H groups in total. The van der Waals surface area contributed by atoms with Crippen LogP contribution < -0.4 is 11.1 Å². The Morgan fingerprint density at radius 3 is 2.77 bits per heavy atom. The molecule has 0 aromatic carbocycles. The summed E-state index contributed by atoms with van der Waals surface area (Å²) >= 11 is 0. The number of hydrogen-bond acceptors (Lipinski definition) is 2. The van der Waals surface area contributed by atoms with Gasteiger partial charge < -0.3 is 11.1 Å². The lowest BCUT2D eigenvalue weighted by molar-refractivity contribution is -0.121. The largest absolute Gasteiger partial charge is 0.353 e. The van der Waals surface area contributed by atoms with Crippen molar-refractivity contribution >= 4 is 5.91 Å². The fourth-order valence-electron chi connectivity index (χ4n) is 1.39. The first kappa shape index (κ1) is 10.5. The van der Waals surface area contributed by atoms with Crippen molar-refractivity contribution in [3.8, 4) is 0 Å². The van der Waals surface area contributed by atoms with Gasteiger partial charge in [-0.3, -0.25) is 4.79 Å². The Labute approximate surface area is 80.1 Å². The summed E-state index contributed by atoms with van der Waals surface area (Å²) in [5, 5.41) is 3.00. The molecule has 0 spiro atoms. The summed E-state index contributed by atoms with van der Waals surface area (Å²) < 4.78 is 0. The lowest BCUT2D eigenvalue weighted by Gasteiger charge is -2.05. The van der Waals surface area contributed by atoms with E-state index < -0.39 is 0 Å². The minimum Gasteiger partial charge on any atom is -0.353 e. The van der Waals surface area contributed by atoms with Crippen molar-refractivity contribution in [3.63, 3.8) is 0 Å². The zero-order chi connectivity index (χ0) is 9.84. The van der Waals surface area contributed by atoms with Gasteiger partial charge in [-0.2, -0.15) is 0 Å². The van der Waals surface area contributed by atoms with Gasteiger partial charge in [-0.15, -0.1) is 0 Å². The smallest absolute Gasteiger partial charge is 0.220 e. The van der Waals surface area contributed by atoms with Crippen LogP contribution in [0.4, 0.5) is 0 Å². The van der Waals surface area contributed by atoms with E-state index in [4.69, 9.17) is 5.73 Å². The van der Waals surface area contributed by atoms with Crippen molar-refractivity contribution in [2.45, 2.75) is 51.6 Å². The molecule has 13 heavy (non-hydrogen) atoms. The van der Waals surface area contributed by atoms with Crippen LogP contribution in [0.3, 0.4) is 0 Å². The first-order chi connectivity index (χ1) is 6.09. The van der Waals surface area contributed by atoms with Crippen molar-refractivity contribution in [1.29, 1.82) is 0 Å². The Hall–Kier alpha value is -0.570. The molecular weight excluding hydrogens is 164 g/mol. The molecule has 0 aliphatic heterocycles. The molecule has 1 fully saturated rings. The monoisotopic (exact) mass is 184 g/mol. The van der Waals surface area contributed by atoms with E-state index in [1.807, 2.05) is 6.92 Å². The third-order valence-corrected chi connectivity index (χ3v) is 2.52. The molecule has 76 valence electrons. The topological polar surface area (TPSA) is 55.1 Å². The van der Waals surface area contributed by atoms with Gasteiger partial charge in [0.15, 0.2) is 0 Å². The second-order valence-corrected chi connectivity index (χ2v) is 4.26. The predicted molar refractivity (Wildman–Crippen MR) is 53.2 cm³/mol. The first-order valence-electron chi connectivity index (χ1n) is 5.14. The SMILES string of the molecule is CC(N)CCCC(=O)NC1CC1C. The molecule has 0 heterocycles. The van der Waals surface area contributed by atoms with Crippen LogP contribution in [0.2, 0.25) is 0 Å². The van der Waals surface area contributed by atoms with Crippen LogP contribution in [-0.4, -0.2) is 18.0 Å². The van der Waals surface area contributed by atoms with E-state index in [9.17, 15) is 4.79 Å². The van der Waals surface area contributed by atoms with Gasteiger partial charge in [0, 0.05) is 18.5 Å². The lowest BCUT2D eigenvalue weighted by atomic mass is 10.1. The van der Waals surface area contributed by atoms with E-state index in [2.05, 4.69) is 12.2 Å². The fourth-order valence-corrected chi connectivity index (χ4v) is 1.39. The quantitative estimate of drug-likeness (QED) is 0.670. The number of hydrogen-bond donors (Lipinski definition) is 2. The van der Waals surface area contributed by atoms with Crippen molar-refractivity contribution in [3.05, 3.63) is 0 Å². The molecule has 1 amide bonds. The van der Waals surface area contributed by atoms with E-state index in [0.29, 0.717) is 18.4 Å². The average Bonchev–Trinajstić information content (AvgIpc) is 2.65. The van der Waals surface area contributed by atoms with Crippen LogP contribution in [0.1, 0.15) is 39.5 Å². The summed E-state index contributed by atoms with van der Waals surface area (Å²) in [5.41, 5.74) is 5.58. The maximum Gasteiger partial charge on any atom is 0.220 e. The van der Waals surface area contributed by atoms with Crippen molar-refractivity contribution < 1.29 is 4.79 Å². The number of rotatable bonds is 5. The summed E-state index contributed by atoms with van der Waals surface area (Å²) in [7, 11) is 0. The van der Waals surface area contributed by atoms with Crippen LogP contribution in [0, 0.1) is 5.92 Å². The fraction of sp³-hybridized carbons (Fsp3) is 0.900. The third-order valence-electron chi connectivity index (χ3n) is 2.52. The van der Waals surface area contributed by atoms with E-state index in [1.54, 1.807) is 0 Å². The minimum atomic E-state index is 0.190. The standard InChI is InChI=1S/C10H20N2O/c1-7-6-9(7)12-10(13)5-3-4-8(2)11/h7-9H,3-6,11H2,1-2H3,(H,12,13). The second-order valence-electron chi connectivity index (χ2n) is 4.26. The molecule has 3 atom stereocenters. The molecular formula is C10H20N2O. The van der Waals surface area contributed by atoms with E-state index in [1.165, 1.54) is 0 Å². The third kappa shape index (κ3) is 4.27. The summed E-state index contributed by atoms with van der Waals surface area (Å²) in [5.74, 6) is 0.882. The number of carbonyl (C=O) groups is 1. The molecule has 1 aliphatic rings. The van der Waals surface area contributed by atoms with Gasteiger partial charge in [0.25, 0.3) is 0 Å². The van der Waals surface area contributed by atoms with Crippen LogP contribution >= 0.6 is 0 Å². The molecule has 1 saturated carbocycles. The van der Waals surface area contributed by atoms with E-state index in [-0.39, 0.29) is 11.9 Å². The summed E-state index contributed by atoms with van der Waals surface area (Å²) in [4.78, 5) is 11.3. The highest BCUT2D eigenvalue weighted by Gasteiger charge is 2.33. The van der Waals surface area contributed by atoms with Crippen molar-refractivity contribution in [2.75, 3.05) is 0 Å². The molecule has 1 rings (SSSR count). The molecule has 0 bridgehead atoms. The highest BCUT2D eigenvalue weighted by molar-refractivity contribution is 5.76. The Morgan fingerprint density at radius 1 is 1.69 bits per heavy atom. The van der Waals surface area contributed by atoms with Gasteiger partial charge in [0.2, 0.25) is 5.91 Å². The molecule has 3 nitrogen and oxygen atoms in total. The molecule has 1 aliphatic carbocycles. The lowest BCUT2D eigenvalue weighted by Crippen LogP contribution is -2.26. The maximum absolute atomic E-state index is 11.3. The van der Waals surface area contributed by atoms with Gasteiger partial charge in [-0.25, -0.2) is 0 Å². The van der Waals surface area contributed by atoms with Gasteiger partial charge in [-0.1, -0.05) is 6.92 Å². The summed E-state index contributed by atoms with van der Waals surface area (Å²) in [6.07, 6.45) is 3.63. The summed E-state index contributed by atoms with van der Waals surface area (Å²) in [6.45, 7) is 4.13. The predicted octanol–water partition coefficient (Wildman–Crippen LogP) is 1.03.